The molecule has 0 radical (unpaired) electrons. The van der Waals surface area contributed by atoms with E-state index in [4.69, 9.17) is 0 Å². The van der Waals surface area contributed by atoms with Gasteiger partial charge in [-0.2, -0.15) is 0 Å². The smallest absolute Gasteiger partial charge is 0.240 e. The molecule has 11 heteroatoms. The molecule has 1 aliphatic carbocycles. The first-order valence-electron chi connectivity index (χ1n) is 9.48. The van der Waals surface area contributed by atoms with Crippen molar-refractivity contribution in [3.05, 3.63) is 41.8 Å². The zero-order valence-corrected chi connectivity index (χ0v) is 18.7. The lowest BCUT2D eigenvalue weighted by Crippen LogP contribution is -2.25. The van der Waals surface area contributed by atoms with Crippen LogP contribution in [-0.4, -0.2) is 40.9 Å². The highest BCUT2D eigenvalue weighted by Crippen LogP contribution is 2.27. The lowest BCUT2D eigenvalue weighted by molar-refractivity contribution is -0.113. The van der Waals surface area contributed by atoms with Crippen LogP contribution in [-0.2, 0) is 21.4 Å². The summed E-state index contributed by atoms with van der Waals surface area (Å²) in [5.41, 5.74) is 0.440. The fraction of sp³-hybridized carbons (Fsp3) is 0.316. The number of rotatable bonds is 9. The number of thiophene rings is 1. The second-order valence-electron chi connectivity index (χ2n) is 6.79. The van der Waals surface area contributed by atoms with Crippen molar-refractivity contribution in [2.45, 2.75) is 42.4 Å². The maximum Gasteiger partial charge on any atom is 0.240 e. The monoisotopic (exact) mass is 463 g/mol. The Morgan fingerprint density at radius 3 is 2.80 bits per heavy atom. The van der Waals surface area contributed by atoms with Crippen molar-refractivity contribution in [1.29, 1.82) is 0 Å². The Labute approximate surface area is 183 Å². The van der Waals surface area contributed by atoms with Crippen molar-refractivity contribution in [1.82, 2.24) is 19.5 Å². The number of carbonyl (C=O) groups excluding carboxylic acids is 1. The summed E-state index contributed by atoms with van der Waals surface area (Å²) in [4.78, 5) is 13.6. The van der Waals surface area contributed by atoms with Gasteiger partial charge in [-0.3, -0.25) is 4.79 Å². The Bertz CT molecular complexity index is 1140. The SMILES string of the molecule is CCn1c(SCC(=O)Nc2cccc(S(=O)(=O)NC3CC3)c2)nnc1-c1cccs1. The minimum Gasteiger partial charge on any atom is -0.325 e. The minimum absolute atomic E-state index is 0.0274. The first-order chi connectivity index (χ1) is 14.5. The Hall–Kier alpha value is -2.21. The summed E-state index contributed by atoms with van der Waals surface area (Å²) in [6.45, 7) is 2.70. The standard InChI is InChI=1S/C19H21N5O3S3/c1-2-24-18(16-7-4-10-28-16)21-22-19(24)29-12-17(25)20-14-5-3-6-15(11-14)30(26,27)23-13-8-9-13/h3-7,10-11,13,23H,2,8-9,12H2,1H3,(H,20,25). The van der Waals surface area contributed by atoms with Gasteiger partial charge in [0.15, 0.2) is 11.0 Å². The number of sulfonamides is 1. The van der Waals surface area contributed by atoms with Crippen molar-refractivity contribution in [3.8, 4) is 10.7 Å². The lowest BCUT2D eigenvalue weighted by Gasteiger charge is -2.09. The first-order valence-corrected chi connectivity index (χ1v) is 12.8. The van der Waals surface area contributed by atoms with Gasteiger partial charge in [-0.05, 0) is 49.4 Å². The van der Waals surface area contributed by atoms with Crippen LogP contribution in [0.15, 0.2) is 51.8 Å². The molecule has 2 heterocycles. The Morgan fingerprint density at radius 1 is 1.27 bits per heavy atom. The summed E-state index contributed by atoms with van der Waals surface area (Å²) in [6, 6.07) is 10.2. The number of nitrogens with one attached hydrogen (secondary N) is 2. The third-order valence-corrected chi connectivity index (χ3v) is 7.78. The van der Waals surface area contributed by atoms with E-state index in [9.17, 15) is 13.2 Å². The highest BCUT2D eigenvalue weighted by Gasteiger charge is 2.28. The van der Waals surface area contributed by atoms with Crippen LogP contribution in [0.4, 0.5) is 5.69 Å². The zero-order valence-electron chi connectivity index (χ0n) is 16.2. The van der Waals surface area contributed by atoms with Crippen LogP contribution in [0, 0.1) is 0 Å². The molecule has 1 aliphatic rings. The molecule has 2 N–H and O–H groups in total. The predicted octanol–water partition coefficient (Wildman–Crippen LogP) is 3.20. The quantitative estimate of drug-likeness (QED) is 0.472. The normalized spacial score (nSPS) is 14.0. The largest absolute Gasteiger partial charge is 0.325 e. The van der Waals surface area contributed by atoms with Gasteiger partial charge in [-0.15, -0.1) is 21.5 Å². The number of carbonyl (C=O) groups is 1. The molecule has 4 rings (SSSR count). The number of benzene rings is 1. The average Bonchev–Trinajstić information content (AvgIpc) is 3.20. The Kier molecular flexibility index (Phi) is 6.23. The van der Waals surface area contributed by atoms with E-state index in [1.54, 1.807) is 23.5 Å². The van der Waals surface area contributed by atoms with Crippen LogP contribution in [0.5, 0.6) is 0 Å². The van der Waals surface area contributed by atoms with Gasteiger partial charge in [0.2, 0.25) is 15.9 Å². The van der Waals surface area contributed by atoms with E-state index in [2.05, 4.69) is 20.2 Å². The number of aromatic nitrogens is 3. The van der Waals surface area contributed by atoms with Gasteiger partial charge in [-0.1, -0.05) is 23.9 Å². The second kappa shape index (κ2) is 8.88. The van der Waals surface area contributed by atoms with Crippen LogP contribution in [0.25, 0.3) is 10.7 Å². The van der Waals surface area contributed by atoms with Crippen LogP contribution >= 0.6 is 23.1 Å². The van der Waals surface area contributed by atoms with Gasteiger partial charge in [0.1, 0.15) is 0 Å². The van der Waals surface area contributed by atoms with Crippen LogP contribution in [0.1, 0.15) is 19.8 Å². The molecule has 8 nitrogen and oxygen atoms in total. The molecule has 0 unspecified atom stereocenters. The highest BCUT2D eigenvalue weighted by atomic mass is 32.2. The molecule has 0 atom stereocenters. The van der Waals surface area contributed by atoms with Gasteiger partial charge in [0.25, 0.3) is 0 Å². The molecule has 0 saturated heterocycles. The van der Waals surface area contributed by atoms with Crippen LogP contribution in [0.2, 0.25) is 0 Å². The number of nitrogens with zero attached hydrogens (tertiary/aromatic N) is 3. The summed E-state index contributed by atoms with van der Waals surface area (Å²) in [5, 5.41) is 13.9. The van der Waals surface area contributed by atoms with Gasteiger partial charge in [0.05, 0.1) is 15.5 Å². The number of hydrogen-bond donors (Lipinski definition) is 2. The van der Waals surface area contributed by atoms with Gasteiger partial charge < -0.3 is 9.88 Å². The van der Waals surface area contributed by atoms with E-state index in [1.807, 2.05) is 29.0 Å². The average molecular weight is 464 g/mol. The maximum absolute atomic E-state index is 12.4. The molecule has 0 aliphatic heterocycles. The molecule has 1 aromatic carbocycles. The summed E-state index contributed by atoms with van der Waals surface area (Å²) < 4.78 is 29.3. The van der Waals surface area contributed by atoms with Crippen molar-refractivity contribution in [3.63, 3.8) is 0 Å². The number of anilines is 1. The Morgan fingerprint density at radius 2 is 2.10 bits per heavy atom. The molecular weight excluding hydrogens is 442 g/mol. The van der Waals surface area contributed by atoms with E-state index in [-0.39, 0.29) is 22.6 Å². The highest BCUT2D eigenvalue weighted by molar-refractivity contribution is 7.99. The third-order valence-electron chi connectivity index (χ3n) is 4.43. The number of hydrogen-bond acceptors (Lipinski definition) is 7. The molecular formula is C19H21N5O3S3. The fourth-order valence-corrected chi connectivity index (χ4v) is 5.70. The molecule has 1 saturated carbocycles. The molecule has 1 amide bonds. The number of thioether (sulfide) groups is 1. The molecule has 1 fully saturated rings. The summed E-state index contributed by atoms with van der Waals surface area (Å²) >= 11 is 2.88. The topological polar surface area (TPSA) is 106 Å². The molecule has 3 aromatic rings. The molecule has 0 bridgehead atoms. The fourth-order valence-electron chi connectivity index (χ4n) is 2.83. The van der Waals surface area contributed by atoms with Crippen LogP contribution in [0.3, 0.4) is 0 Å². The predicted molar refractivity (Wildman–Crippen MR) is 118 cm³/mol. The van der Waals surface area contributed by atoms with E-state index >= 15 is 0 Å². The van der Waals surface area contributed by atoms with Crippen LogP contribution < -0.4 is 10.0 Å². The van der Waals surface area contributed by atoms with Crippen molar-refractivity contribution < 1.29 is 13.2 Å². The van der Waals surface area contributed by atoms with Gasteiger partial charge in [-0.25, -0.2) is 13.1 Å². The minimum atomic E-state index is -3.57. The lowest BCUT2D eigenvalue weighted by atomic mass is 10.3. The number of amides is 1. The first kappa shape index (κ1) is 21.0. The van der Waals surface area contributed by atoms with Crippen molar-refractivity contribution in [2.24, 2.45) is 0 Å². The van der Waals surface area contributed by atoms with Crippen molar-refractivity contribution >= 4 is 44.7 Å². The van der Waals surface area contributed by atoms with E-state index < -0.39 is 10.0 Å². The van der Waals surface area contributed by atoms with E-state index in [0.717, 1.165) is 23.5 Å². The molecule has 158 valence electrons. The van der Waals surface area contributed by atoms with Gasteiger partial charge in [0, 0.05) is 18.3 Å². The van der Waals surface area contributed by atoms with E-state index in [1.165, 1.54) is 23.9 Å². The third kappa shape index (κ3) is 4.91. The van der Waals surface area contributed by atoms with Gasteiger partial charge >= 0.3 is 0 Å². The Balaban J connectivity index is 1.39. The summed E-state index contributed by atoms with van der Waals surface area (Å²) in [7, 11) is -3.57. The van der Waals surface area contributed by atoms with E-state index in [0.29, 0.717) is 17.4 Å². The van der Waals surface area contributed by atoms with Crippen molar-refractivity contribution in [2.75, 3.05) is 11.1 Å². The second-order valence-corrected chi connectivity index (χ2v) is 10.4. The molecule has 2 aromatic heterocycles. The summed E-state index contributed by atoms with van der Waals surface area (Å²) in [6.07, 6.45) is 1.73. The maximum atomic E-state index is 12.4. The molecule has 30 heavy (non-hydrogen) atoms. The summed E-state index contributed by atoms with van der Waals surface area (Å²) in [5.74, 6) is 0.685. The molecule has 0 spiro atoms. The zero-order chi connectivity index (χ0) is 21.1.